The molecule has 0 atom stereocenters. The van der Waals surface area contributed by atoms with Gasteiger partial charge < -0.3 is 19.1 Å². The summed E-state index contributed by atoms with van der Waals surface area (Å²) in [4.78, 5) is 2.13. The average Bonchev–Trinajstić information content (AvgIpc) is 2.18. The minimum Gasteiger partial charge on any atom is -0.379 e. The molecule has 0 spiro atoms. The summed E-state index contributed by atoms with van der Waals surface area (Å²) < 4.78 is 16.5. The van der Waals surface area contributed by atoms with Crippen molar-refractivity contribution in [1.82, 2.24) is 4.90 Å². The Morgan fingerprint density at radius 2 is 1.62 bits per heavy atom. The summed E-state index contributed by atoms with van der Waals surface area (Å²) in [5, 5.41) is 0. The normalized spacial score (nSPS) is 24.8. The van der Waals surface area contributed by atoms with Gasteiger partial charge in [0.25, 0.3) is 0 Å². The second kappa shape index (κ2) is 8.01. The maximum absolute atomic E-state index is 5.69. The van der Waals surface area contributed by atoms with Crippen molar-refractivity contribution in [2.75, 3.05) is 47.1 Å². The van der Waals surface area contributed by atoms with E-state index in [2.05, 4.69) is 19.0 Å². The zero-order valence-electron chi connectivity index (χ0n) is 10.8. The standard InChI is InChI=1S/C12H25NO3/c1-4-14-7-8-16-12-9-11(10-12)15-6-5-13(2)3/h11-12H,4-10H2,1-3H3. The van der Waals surface area contributed by atoms with Crippen molar-refractivity contribution in [1.29, 1.82) is 0 Å². The summed E-state index contributed by atoms with van der Waals surface area (Å²) in [5.41, 5.74) is 0. The van der Waals surface area contributed by atoms with E-state index in [0.717, 1.165) is 32.6 Å². The fraction of sp³-hybridized carbons (Fsp3) is 1.00. The van der Waals surface area contributed by atoms with Gasteiger partial charge in [-0.05, 0) is 33.9 Å². The molecule has 96 valence electrons. The van der Waals surface area contributed by atoms with Crippen LogP contribution < -0.4 is 0 Å². The van der Waals surface area contributed by atoms with Gasteiger partial charge in [-0.2, -0.15) is 0 Å². The van der Waals surface area contributed by atoms with Crippen LogP contribution in [0.1, 0.15) is 19.8 Å². The lowest BCUT2D eigenvalue weighted by molar-refractivity contribution is -0.110. The number of hydrogen-bond donors (Lipinski definition) is 0. The van der Waals surface area contributed by atoms with Gasteiger partial charge in [0.2, 0.25) is 0 Å². The van der Waals surface area contributed by atoms with E-state index in [9.17, 15) is 0 Å². The lowest BCUT2D eigenvalue weighted by Crippen LogP contribution is -2.39. The van der Waals surface area contributed by atoms with Crippen molar-refractivity contribution in [3.63, 3.8) is 0 Å². The van der Waals surface area contributed by atoms with Gasteiger partial charge in [-0.3, -0.25) is 0 Å². The first-order valence-electron chi connectivity index (χ1n) is 6.18. The third-order valence-electron chi connectivity index (χ3n) is 2.73. The van der Waals surface area contributed by atoms with Gasteiger partial charge in [0.1, 0.15) is 0 Å². The van der Waals surface area contributed by atoms with E-state index in [1.165, 1.54) is 0 Å². The number of likely N-dealkylation sites (N-methyl/N-ethyl adjacent to an activating group) is 1. The van der Waals surface area contributed by atoms with Crippen LogP contribution in [0.3, 0.4) is 0 Å². The third kappa shape index (κ3) is 5.80. The first-order valence-corrected chi connectivity index (χ1v) is 6.18. The number of nitrogens with zero attached hydrogens (tertiary/aromatic N) is 1. The van der Waals surface area contributed by atoms with Crippen LogP contribution in [-0.4, -0.2) is 64.2 Å². The van der Waals surface area contributed by atoms with Crippen molar-refractivity contribution in [3.05, 3.63) is 0 Å². The minimum atomic E-state index is 0.393. The van der Waals surface area contributed by atoms with Gasteiger partial charge in [-0.15, -0.1) is 0 Å². The predicted molar refractivity (Wildman–Crippen MR) is 63.8 cm³/mol. The Morgan fingerprint density at radius 3 is 2.19 bits per heavy atom. The lowest BCUT2D eigenvalue weighted by atomic mass is 9.92. The molecule has 4 heteroatoms. The molecule has 0 aromatic heterocycles. The molecule has 0 amide bonds. The van der Waals surface area contributed by atoms with E-state index in [-0.39, 0.29) is 0 Å². The van der Waals surface area contributed by atoms with Crippen molar-refractivity contribution >= 4 is 0 Å². The van der Waals surface area contributed by atoms with Crippen LogP contribution in [0.2, 0.25) is 0 Å². The van der Waals surface area contributed by atoms with Crippen molar-refractivity contribution in [2.24, 2.45) is 0 Å². The maximum atomic E-state index is 5.69. The highest BCUT2D eigenvalue weighted by Gasteiger charge is 2.30. The first-order chi connectivity index (χ1) is 7.72. The minimum absolute atomic E-state index is 0.393. The monoisotopic (exact) mass is 231 g/mol. The molecule has 0 radical (unpaired) electrons. The van der Waals surface area contributed by atoms with E-state index >= 15 is 0 Å². The summed E-state index contributed by atoms with van der Waals surface area (Å²) in [7, 11) is 4.12. The molecular formula is C12H25NO3. The average molecular weight is 231 g/mol. The molecule has 1 saturated carbocycles. The highest BCUT2D eigenvalue weighted by Crippen LogP contribution is 2.26. The van der Waals surface area contributed by atoms with E-state index in [1.54, 1.807) is 0 Å². The Labute approximate surface area is 98.8 Å². The topological polar surface area (TPSA) is 30.9 Å². The summed E-state index contributed by atoms with van der Waals surface area (Å²) >= 11 is 0. The molecule has 1 aliphatic rings. The summed E-state index contributed by atoms with van der Waals surface area (Å²) in [6.07, 6.45) is 2.89. The van der Waals surface area contributed by atoms with Crippen LogP contribution in [0, 0.1) is 0 Å². The molecule has 0 aromatic carbocycles. The predicted octanol–water partition coefficient (Wildman–Crippen LogP) is 1.15. The molecule has 1 fully saturated rings. The van der Waals surface area contributed by atoms with Crippen LogP contribution in [0.5, 0.6) is 0 Å². The van der Waals surface area contributed by atoms with Crippen LogP contribution >= 0.6 is 0 Å². The second-order valence-corrected chi connectivity index (χ2v) is 4.46. The number of ether oxygens (including phenoxy) is 3. The van der Waals surface area contributed by atoms with Crippen molar-refractivity contribution in [3.8, 4) is 0 Å². The van der Waals surface area contributed by atoms with E-state index in [1.807, 2.05) is 6.92 Å². The Morgan fingerprint density at radius 1 is 1.00 bits per heavy atom. The summed E-state index contributed by atoms with van der Waals surface area (Å²) in [5.74, 6) is 0. The molecule has 0 N–H and O–H groups in total. The van der Waals surface area contributed by atoms with Crippen LogP contribution in [-0.2, 0) is 14.2 Å². The lowest BCUT2D eigenvalue weighted by Gasteiger charge is -2.35. The largest absolute Gasteiger partial charge is 0.379 e. The molecule has 0 aliphatic heterocycles. The third-order valence-corrected chi connectivity index (χ3v) is 2.73. The number of hydrogen-bond acceptors (Lipinski definition) is 4. The van der Waals surface area contributed by atoms with Crippen LogP contribution in [0.25, 0.3) is 0 Å². The first kappa shape index (κ1) is 13.9. The SMILES string of the molecule is CCOCCOC1CC(OCCN(C)C)C1. The molecule has 16 heavy (non-hydrogen) atoms. The number of rotatable bonds is 9. The van der Waals surface area contributed by atoms with Gasteiger partial charge >= 0.3 is 0 Å². The van der Waals surface area contributed by atoms with Gasteiger partial charge in [0.15, 0.2) is 0 Å². The summed E-state index contributed by atoms with van der Waals surface area (Å²) in [6.45, 7) is 6.00. The summed E-state index contributed by atoms with van der Waals surface area (Å²) in [6, 6.07) is 0. The van der Waals surface area contributed by atoms with Crippen LogP contribution in [0.15, 0.2) is 0 Å². The molecule has 1 aliphatic carbocycles. The zero-order valence-corrected chi connectivity index (χ0v) is 10.8. The molecular weight excluding hydrogens is 206 g/mol. The van der Waals surface area contributed by atoms with Gasteiger partial charge in [0, 0.05) is 13.2 Å². The van der Waals surface area contributed by atoms with E-state index < -0.39 is 0 Å². The fourth-order valence-corrected chi connectivity index (χ4v) is 1.61. The van der Waals surface area contributed by atoms with Crippen LogP contribution in [0.4, 0.5) is 0 Å². The molecule has 0 bridgehead atoms. The highest BCUT2D eigenvalue weighted by molar-refractivity contribution is 4.81. The fourth-order valence-electron chi connectivity index (χ4n) is 1.61. The molecule has 0 heterocycles. The Bertz CT molecular complexity index is 170. The van der Waals surface area contributed by atoms with Crippen molar-refractivity contribution < 1.29 is 14.2 Å². The highest BCUT2D eigenvalue weighted by atomic mass is 16.5. The quantitative estimate of drug-likeness (QED) is 0.557. The molecule has 0 aromatic rings. The maximum Gasteiger partial charge on any atom is 0.0704 e. The van der Waals surface area contributed by atoms with E-state index in [4.69, 9.17) is 14.2 Å². The smallest absolute Gasteiger partial charge is 0.0704 e. The van der Waals surface area contributed by atoms with Gasteiger partial charge in [0.05, 0.1) is 32.0 Å². The van der Waals surface area contributed by atoms with Gasteiger partial charge in [-0.25, -0.2) is 0 Å². The molecule has 0 saturated heterocycles. The molecule has 1 rings (SSSR count). The van der Waals surface area contributed by atoms with Crippen molar-refractivity contribution in [2.45, 2.75) is 32.0 Å². The molecule has 0 unspecified atom stereocenters. The second-order valence-electron chi connectivity index (χ2n) is 4.46. The molecule has 4 nitrogen and oxygen atoms in total. The van der Waals surface area contributed by atoms with Gasteiger partial charge in [-0.1, -0.05) is 0 Å². The van der Waals surface area contributed by atoms with E-state index in [0.29, 0.717) is 25.4 Å². The zero-order chi connectivity index (χ0) is 11.8. The Balaban J connectivity index is 1.85. The Kier molecular flexibility index (Phi) is 6.96. The Hall–Kier alpha value is -0.160.